The molecule has 0 amide bonds. The van der Waals surface area contributed by atoms with Crippen LogP contribution in [0.1, 0.15) is 12.8 Å². The lowest BCUT2D eigenvalue weighted by Crippen LogP contribution is -1.99. The summed E-state index contributed by atoms with van der Waals surface area (Å²) < 4.78 is 17.7. The zero-order chi connectivity index (χ0) is 7.68. The molecule has 3 nitrogen and oxygen atoms in total. The number of hydrogen-bond donors (Lipinski definition) is 1. The fraction of sp³-hybridized carbons (Fsp3) is 0.571. The summed E-state index contributed by atoms with van der Waals surface area (Å²) in [6.07, 6.45) is 3.77. The van der Waals surface area contributed by atoms with Crippen molar-refractivity contribution in [2.75, 3.05) is 6.61 Å². The molecular formula is C7H9FN2O. The van der Waals surface area contributed by atoms with E-state index in [1.165, 1.54) is 19.0 Å². The van der Waals surface area contributed by atoms with Gasteiger partial charge in [0, 0.05) is 0 Å². The van der Waals surface area contributed by atoms with E-state index in [1.807, 2.05) is 0 Å². The van der Waals surface area contributed by atoms with Crippen LogP contribution in [0.2, 0.25) is 0 Å². The van der Waals surface area contributed by atoms with E-state index in [2.05, 4.69) is 10.2 Å². The van der Waals surface area contributed by atoms with E-state index < -0.39 is 5.95 Å². The largest absolute Gasteiger partial charge is 0.487 e. The summed E-state index contributed by atoms with van der Waals surface area (Å²) in [5, 5.41) is 5.67. The number of hydrogen-bond acceptors (Lipinski definition) is 2. The Morgan fingerprint density at radius 3 is 3.09 bits per heavy atom. The number of halogens is 1. The zero-order valence-electron chi connectivity index (χ0n) is 6.01. The maximum Gasteiger partial charge on any atom is 0.251 e. The Labute approximate surface area is 63.6 Å². The summed E-state index contributed by atoms with van der Waals surface area (Å²) in [4.78, 5) is 0. The molecule has 11 heavy (non-hydrogen) atoms. The van der Waals surface area contributed by atoms with Gasteiger partial charge in [-0.1, -0.05) is 0 Å². The first-order valence-corrected chi connectivity index (χ1v) is 3.68. The lowest BCUT2D eigenvalue weighted by Gasteiger charge is -1.99. The average Bonchev–Trinajstić information content (AvgIpc) is 2.73. The monoisotopic (exact) mass is 156 g/mol. The molecule has 1 heterocycles. The minimum absolute atomic E-state index is 0.233. The molecule has 60 valence electrons. The molecule has 0 radical (unpaired) electrons. The highest BCUT2D eigenvalue weighted by atomic mass is 19.1. The van der Waals surface area contributed by atoms with Crippen molar-refractivity contribution in [3.05, 3.63) is 12.1 Å². The van der Waals surface area contributed by atoms with Crippen molar-refractivity contribution >= 4 is 0 Å². The second-order valence-electron chi connectivity index (χ2n) is 2.80. The second kappa shape index (κ2) is 2.53. The van der Waals surface area contributed by atoms with Crippen LogP contribution >= 0.6 is 0 Å². The van der Waals surface area contributed by atoms with E-state index in [9.17, 15) is 4.39 Å². The molecule has 1 fully saturated rings. The standard InChI is InChI=1S/C7H9FN2O/c8-7-6(3-9-10-7)11-4-5-1-2-5/h3,5H,1-2,4H2,(H,9,10). The number of ether oxygens (including phenoxy) is 1. The highest BCUT2D eigenvalue weighted by molar-refractivity contribution is 5.13. The number of rotatable bonds is 3. The van der Waals surface area contributed by atoms with Crippen molar-refractivity contribution < 1.29 is 9.13 Å². The summed E-state index contributed by atoms with van der Waals surface area (Å²) in [7, 11) is 0. The van der Waals surface area contributed by atoms with Crippen molar-refractivity contribution in [1.29, 1.82) is 0 Å². The summed E-state index contributed by atoms with van der Waals surface area (Å²) >= 11 is 0. The van der Waals surface area contributed by atoms with Crippen LogP contribution in [-0.4, -0.2) is 16.8 Å². The Morgan fingerprint density at radius 2 is 2.55 bits per heavy atom. The number of nitrogens with zero attached hydrogens (tertiary/aromatic N) is 1. The van der Waals surface area contributed by atoms with Crippen molar-refractivity contribution in [1.82, 2.24) is 10.2 Å². The summed E-state index contributed by atoms with van der Waals surface area (Å²) in [6.45, 7) is 0.621. The summed E-state index contributed by atoms with van der Waals surface area (Å²) in [5.74, 6) is 0.395. The SMILES string of the molecule is Fc1[nH]ncc1OCC1CC1. The topological polar surface area (TPSA) is 37.9 Å². The van der Waals surface area contributed by atoms with Gasteiger partial charge in [0.15, 0.2) is 5.75 Å². The highest BCUT2D eigenvalue weighted by Gasteiger charge is 2.22. The average molecular weight is 156 g/mol. The first kappa shape index (κ1) is 6.64. The predicted molar refractivity (Wildman–Crippen MR) is 36.8 cm³/mol. The van der Waals surface area contributed by atoms with Crippen LogP contribution in [0.4, 0.5) is 4.39 Å². The van der Waals surface area contributed by atoms with Gasteiger partial charge in [0.25, 0.3) is 5.95 Å². The smallest absolute Gasteiger partial charge is 0.251 e. The molecule has 0 atom stereocenters. The molecule has 0 aliphatic heterocycles. The molecule has 2 rings (SSSR count). The molecule has 0 unspecified atom stereocenters. The minimum Gasteiger partial charge on any atom is -0.487 e. The van der Waals surface area contributed by atoms with Gasteiger partial charge < -0.3 is 4.74 Å². The Hall–Kier alpha value is -1.06. The molecule has 0 aromatic carbocycles. The van der Waals surface area contributed by atoms with Gasteiger partial charge in [-0.05, 0) is 18.8 Å². The molecule has 1 aliphatic rings. The predicted octanol–water partition coefficient (Wildman–Crippen LogP) is 1.34. The summed E-state index contributed by atoms with van der Waals surface area (Å²) in [5.41, 5.74) is 0. The van der Waals surface area contributed by atoms with E-state index in [0.717, 1.165) is 0 Å². The Morgan fingerprint density at radius 1 is 1.73 bits per heavy atom. The molecule has 0 spiro atoms. The molecule has 1 saturated carbocycles. The maximum atomic E-state index is 12.6. The van der Waals surface area contributed by atoms with Crippen molar-refractivity contribution in [3.63, 3.8) is 0 Å². The maximum absolute atomic E-state index is 12.6. The van der Waals surface area contributed by atoms with E-state index in [1.54, 1.807) is 0 Å². The zero-order valence-corrected chi connectivity index (χ0v) is 6.01. The Kier molecular flexibility index (Phi) is 1.52. The van der Waals surface area contributed by atoms with Gasteiger partial charge in [-0.15, -0.1) is 0 Å². The van der Waals surface area contributed by atoms with Crippen LogP contribution in [0.5, 0.6) is 5.75 Å². The molecule has 4 heteroatoms. The van der Waals surface area contributed by atoms with Crippen molar-refractivity contribution in [2.24, 2.45) is 5.92 Å². The first-order chi connectivity index (χ1) is 5.36. The van der Waals surface area contributed by atoms with Crippen LogP contribution in [-0.2, 0) is 0 Å². The number of H-pyrrole nitrogens is 1. The molecule has 0 saturated heterocycles. The van der Waals surface area contributed by atoms with Crippen molar-refractivity contribution in [3.8, 4) is 5.75 Å². The lowest BCUT2D eigenvalue weighted by molar-refractivity contribution is 0.284. The Balaban J connectivity index is 1.89. The van der Waals surface area contributed by atoms with E-state index in [0.29, 0.717) is 12.5 Å². The van der Waals surface area contributed by atoms with Crippen LogP contribution in [0.15, 0.2) is 6.20 Å². The normalized spacial score (nSPS) is 16.8. The fourth-order valence-corrected chi connectivity index (χ4v) is 0.852. The molecule has 1 aromatic heterocycles. The second-order valence-corrected chi connectivity index (χ2v) is 2.80. The molecule has 1 aliphatic carbocycles. The van der Waals surface area contributed by atoms with E-state index in [-0.39, 0.29) is 5.75 Å². The van der Waals surface area contributed by atoms with Gasteiger partial charge in [-0.2, -0.15) is 9.49 Å². The van der Waals surface area contributed by atoms with Crippen LogP contribution in [0.3, 0.4) is 0 Å². The van der Waals surface area contributed by atoms with Crippen LogP contribution < -0.4 is 4.74 Å². The molecule has 1 aromatic rings. The van der Waals surface area contributed by atoms with Crippen LogP contribution in [0, 0.1) is 11.9 Å². The third kappa shape index (κ3) is 1.50. The molecular weight excluding hydrogens is 147 g/mol. The highest BCUT2D eigenvalue weighted by Crippen LogP contribution is 2.29. The van der Waals surface area contributed by atoms with Gasteiger partial charge in [0.05, 0.1) is 12.8 Å². The third-order valence-electron chi connectivity index (χ3n) is 1.73. The molecule has 0 bridgehead atoms. The molecule has 1 N–H and O–H groups in total. The summed E-state index contributed by atoms with van der Waals surface area (Å²) in [6, 6.07) is 0. The third-order valence-corrected chi connectivity index (χ3v) is 1.73. The first-order valence-electron chi connectivity index (χ1n) is 3.68. The number of nitrogens with one attached hydrogen (secondary N) is 1. The lowest BCUT2D eigenvalue weighted by atomic mass is 10.5. The fourth-order valence-electron chi connectivity index (χ4n) is 0.852. The van der Waals surface area contributed by atoms with E-state index >= 15 is 0 Å². The van der Waals surface area contributed by atoms with Gasteiger partial charge in [-0.3, -0.25) is 0 Å². The Bertz CT molecular complexity index is 244. The van der Waals surface area contributed by atoms with Gasteiger partial charge in [0.2, 0.25) is 0 Å². The van der Waals surface area contributed by atoms with Gasteiger partial charge in [0.1, 0.15) is 0 Å². The van der Waals surface area contributed by atoms with Gasteiger partial charge >= 0.3 is 0 Å². The number of aromatic amines is 1. The number of aromatic nitrogens is 2. The quantitative estimate of drug-likeness (QED) is 0.717. The van der Waals surface area contributed by atoms with Gasteiger partial charge in [-0.25, -0.2) is 5.10 Å². The van der Waals surface area contributed by atoms with E-state index in [4.69, 9.17) is 4.74 Å². The van der Waals surface area contributed by atoms with Crippen molar-refractivity contribution in [2.45, 2.75) is 12.8 Å². The minimum atomic E-state index is -0.481. The van der Waals surface area contributed by atoms with Crippen LogP contribution in [0.25, 0.3) is 0 Å².